The maximum atomic E-state index is 11.1. The van der Waals surface area contributed by atoms with Gasteiger partial charge < -0.3 is 9.67 Å². The smallest absolute Gasteiger partial charge is 0.335 e. The highest BCUT2D eigenvalue weighted by Gasteiger charge is 2.10. The van der Waals surface area contributed by atoms with Crippen molar-refractivity contribution < 1.29 is 9.90 Å². The Hall–Kier alpha value is -2.11. The fourth-order valence-electron chi connectivity index (χ4n) is 2.38. The largest absolute Gasteiger partial charge is 0.478 e. The lowest BCUT2D eigenvalue weighted by Crippen LogP contribution is -2.03. The number of nitrogens with zero attached hydrogens (tertiary/aromatic N) is 2. The molecule has 0 aliphatic heterocycles. The van der Waals surface area contributed by atoms with Crippen LogP contribution in [0.15, 0.2) is 59.3 Å². The van der Waals surface area contributed by atoms with E-state index in [4.69, 9.17) is 16.7 Å². The second kappa shape index (κ2) is 6.56. The molecule has 0 amide bonds. The molecule has 1 heterocycles. The van der Waals surface area contributed by atoms with Crippen molar-refractivity contribution >= 4 is 33.5 Å². The minimum Gasteiger partial charge on any atom is -0.478 e. The number of carboxylic acid groups (broad SMARTS) is 1. The minimum absolute atomic E-state index is 0.273. The number of imidazole rings is 1. The van der Waals surface area contributed by atoms with Gasteiger partial charge in [0, 0.05) is 34.0 Å². The van der Waals surface area contributed by atoms with Crippen LogP contribution in [0.5, 0.6) is 0 Å². The molecule has 0 unspecified atom stereocenters. The van der Waals surface area contributed by atoms with Crippen LogP contribution in [0.25, 0.3) is 11.4 Å². The van der Waals surface area contributed by atoms with Crippen LogP contribution < -0.4 is 0 Å². The van der Waals surface area contributed by atoms with E-state index in [9.17, 15) is 4.79 Å². The first kappa shape index (κ1) is 15.8. The Balaban J connectivity index is 1.95. The molecule has 0 fully saturated rings. The predicted molar refractivity (Wildman–Crippen MR) is 92.9 cm³/mol. The lowest BCUT2D eigenvalue weighted by atomic mass is 10.1. The highest BCUT2D eigenvalue weighted by molar-refractivity contribution is 9.10. The van der Waals surface area contributed by atoms with Gasteiger partial charge in [-0.1, -0.05) is 39.7 Å². The van der Waals surface area contributed by atoms with Crippen LogP contribution in [0.3, 0.4) is 0 Å². The van der Waals surface area contributed by atoms with Gasteiger partial charge in [-0.25, -0.2) is 9.78 Å². The number of hydrogen-bond donors (Lipinski definition) is 1. The molecule has 1 aromatic heterocycles. The maximum Gasteiger partial charge on any atom is 0.335 e. The molecule has 0 spiro atoms. The molecule has 4 nitrogen and oxygen atoms in total. The van der Waals surface area contributed by atoms with Gasteiger partial charge in [-0.05, 0) is 35.9 Å². The summed E-state index contributed by atoms with van der Waals surface area (Å²) >= 11 is 9.53. The Morgan fingerprint density at radius 2 is 2.09 bits per heavy atom. The summed E-state index contributed by atoms with van der Waals surface area (Å²) in [7, 11) is 0. The summed E-state index contributed by atoms with van der Waals surface area (Å²) in [6.45, 7) is 0.528. The van der Waals surface area contributed by atoms with E-state index >= 15 is 0 Å². The van der Waals surface area contributed by atoms with Crippen LogP contribution in [0.1, 0.15) is 15.9 Å². The normalized spacial score (nSPS) is 10.7. The molecule has 23 heavy (non-hydrogen) atoms. The molecule has 0 atom stereocenters. The molecule has 1 N–H and O–H groups in total. The van der Waals surface area contributed by atoms with E-state index in [1.54, 1.807) is 24.4 Å². The average molecular weight is 392 g/mol. The van der Waals surface area contributed by atoms with E-state index in [2.05, 4.69) is 20.9 Å². The highest BCUT2D eigenvalue weighted by Crippen LogP contribution is 2.27. The Bertz CT molecular complexity index is 856. The lowest BCUT2D eigenvalue weighted by molar-refractivity contribution is 0.0696. The van der Waals surface area contributed by atoms with Crippen molar-refractivity contribution in [3.8, 4) is 11.4 Å². The summed E-state index contributed by atoms with van der Waals surface area (Å²) in [4.78, 5) is 15.5. The SMILES string of the molecule is O=C(O)c1cccc(Cn2ccnc2-c2cc(Cl)cc(Br)c2)c1. The van der Waals surface area contributed by atoms with Gasteiger partial charge in [0.05, 0.1) is 5.56 Å². The van der Waals surface area contributed by atoms with E-state index in [0.717, 1.165) is 21.4 Å². The molecule has 0 saturated carbocycles. The van der Waals surface area contributed by atoms with Gasteiger partial charge in [-0.15, -0.1) is 0 Å². The number of aromatic carboxylic acids is 1. The first-order chi connectivity index (χ1) is 11.0. The van der Waals surface area contributed by atoms with Crippen LogP contribution in [-0.2, 0) is 6.54 Å². The van der Waals surface area contributed by atoms with Crippen LogP contribution in [-0.4, -0.2) is 20.6 Å². The third-order valence-corrected chi connectivity index (χ3v) is 4.04. The van der Waals surface area contributed by atoms with Gasteiger partial charge >= 0.3 is 5.97 Å². The molecule has 0 aliphatic rings. The Labute approximate surface area is 146 Å². The third-order valence-electron chi connectivity index (χ3n) is 3.36. The van der Waals surface area contributed by atoms with Gasteiger partial charge in [-0.2, -0.15) is 0 Å². The van der Waals surface area contributed by atoms with Crippen molar-refractivity contribution in [1.82, 2.24) is 9.55 Å². The summed E-state index contributed by atoms with van der Waals surface area (Å²) in [5.41, 5.74) is 2.06. The van der Waals surface area contributed by atoms with E-state index in [-0.39, 0.29) is 5.56 Å². The average Bonchev–Trinajstić information content (AvgIpc) is 2.94. The zero-order chi connectivity index (χ0) is 16.4. The number of halogens is 2. The second-order valence-corrected chi connectivity index (χ2v) is 6.39. The summed E-state index contributed by atoms with van der Waals surface area (Å²) in [5.74, 6) is -0.162. The first-order valence-electron chi connectivity index (χ1n) is 6.83. The summed E-state index contributed by atoms with van der Waals surface area (Å²) in [5, 5.41) is 9.71. The van der Waals surface area contributed by atoms with Gasteiger partial charge in [0.2, 0.25) is 0 Å². The zero-order valence-corrected chi connectivity index (χ0v) is 14.3. The van der Waals surface area contributed by atoms with Gasteiger partial charge in [0.1, 0.15) is 5.82 Å². The van der Waals surface area contributed by atoms with Crippen molar-refractivity contribution in [3.63, 3.8) is 0 Å². The van der Waals surface area contributed by atoms with E-state index < -0.39 is 5.97 Å². The monoisotopic (exact) mass is 390 g/mol. The Morgan fingerprint density at radius 1 is 1.26 bits per heavy atom. The van der Waals surface area contributed by atoms with Crippen molar-refractivity contribution in [1.29, 1.82) is 0 Å². The van der Waals surface area contributed by atoms with Crippen LogP contribution in [0.4, 0.5) is 0 Å². The van der Waals surface area contributed by atoms with Crippen LogP contribution in [0, 0.1) is 0 Å². The van der Waals surface area contributed by atoms with Crippen molar-refractivity contribution in [2.45, 2.75) is 6.54 Å². The lowest BCUT2D eigenvalue weighted by Gasteiger charge is -2.09. The quantitative estimate of drug-likeness (QED) is 0.700. The molecule has 2 aromatic carbocycles. The fraction of sp³-hybridized carbons (Fsp3) is 0.0588. The second-order valence-electron chi connectivity index (χ2n) is 5.04. The summed E-state index contributed by atoms with van der Waals surface area (Å²) in [6, 6.07) is 12.5. The minimum atomic E-state index is -0.934. The molecule has 3 rings (SSSR count). The molecule has 3 aromatic rings. The molecule has 0 aliphatic carbocycles. The van der Waals surface area contributed by atoms with Crippen LogP contribution >= 0.6 is 27.5 Å². The van der Waals surface area contributed by atoms with Gasteiger partial charge in [0.15, 0.2) is 0 Å². The molecular formula is C17H12BrClN2O2. The predicted octanol–water partition coefficient (Wildman–Crippen LogP) is 4.71. The standard InChI is InChI=1S/C17H12BrClN2O2/c18-14-7-13(8-15(19)9-14)16-20-4-5-21(16)10-11-2-1-3-12(6-11)17(22)23/h1-9H,10H2,(H,22,23). The number of benzene rings is 2. The summed E-state index contributed by atoms with van der Waals surface area (Å²) in [6.07, 6.45) is 3.57. The highest BCUT2D eigenvalue weighted by atomic mass is 79.9. The maximum absolute atomic E-state index is 11.1. The number of rotatable bonds is 4. The Kier molecular flexibility index (Phi) is 4.50. The zero-order valence-electron chi connectivity index (χ0n) is 11.9. The molecule has 6 heteroatoms. The number of carboxylic acids is 1. The van der Waals surface area contributed by atoms with Gasteiger partial charge in [0.25, 0.3) is 0 Å². The summed E-state index contributed by atoms with van der Waals surface area (Å²) < 4.78 is 2.83. The van der Waals surface area contributed by atoms with Gasteiger partial charge in [-0.3, -0.25) is 0 Å². The number of aromatic nitrogens is 2. The third kappa shape index (κ3) is 3.63. The van der Waals surface area contributed by atoms with Crippen molar-refractivity contribution in [2.75, 3.05) is 0 Å². The topological polar surface area (TPSA) is 55.1 Å². The first-order valence-corrected chi connectivity index (χ1v) is 8.00. The number of hydrogen-bond acceptors (Lipinski definition) is 2. The number of carbonyl (C=O) groups is 1. The Morgan fingerprint density at radius 3 is 2.83 bits per heavy atom. The molecule has 0 saturated heterocycles. The molecular weight excluding hydrogens is 380 g/mol. The molecule has 116 valence electrons. The van der Waals surface area contributed by atoms with E-state index in [1.165, 1.54) is 0 Å². The van der Waals surface area contributed by atoms with E-state index in [0.29, 0.717) is 11.6 Å². The fourth-order valence-corrected chi connectivity index (χ4v) is 3.24. The van der Waals surface area contributed by atoms with Crippen LogP contribution in [0.2, 0.25) is 5.02 Å². The van der Waals surface area contributed by atoms with E-state index in [1.807, 2.05) is 35.0 Å². The molecule has 0 bridgehead atoms. The van der Waals surface area contributed by atoms with Crippen molar-refractivity contribution in [2.24, 2.45) is 0 Å². The van der Waals surface area contributed by atoms with Crippen molar-refractivity contribution in [3.05, 3.63) is 75.5 Å². The molecule has 0 radical (unpaired) electrons.